The second-order valence-corrected chi connectivity index (χ2v) is 5.56. The van der Waals surface area contributed by atoms with E-state index < -0.39 is 12.0 Å². The van der Waals surface area contributed by atoms with Crippen LogP contribution >= 0.6 is 11.8 Å². The van der Waals surface area contributed by atoms with Crippen molar-refractivity contribution in [1.82, 2.24) is 5.32 Å². The van der Waals surface area contributed by atoms with Crippen LogP contribution in [0.1, 0.15) is 18.4 Å². The van der Waals surface area contributed by atoms with Crippen molar-refractivity contribution in [1.29, 1.82) is 0 Å². The van der Waals surface area contributed by atoms with Crippen LogP contribution in [0.4, 0.5) is 0 Å². The van der Waals surface area contributed by atoms with Crippen molar-refractivity contribution < 1.29 is 14.7 Å². The van der Waals surface area contributed by atoms with E-state index in [-0.39, 0.29) is 12.3 Å². The second kappa shape index (κ2) is 8.43. The van der Waals surface area contributed by atoms with Crippen molar-refractivity contribution in [2.75, 3.05) is 5.75 Å². The summed E-state index contributed by atoms with van der Waals surface area (Å²) in [6.45, 7) is 5.50. The van der Waals surface area contributed by atoms with Crippen LogP contribution in [0, 0.1) is 6.92 Å². The number of amides is 1. The number of aryl methyl sites for hydroxylation is 1. The number of rotatable bonds is 8. The maximum atomic E-state index is 11.7. The summed E-state index contributed by atoms with van der Waals surface area (Å²) in [7, 11) is 0. The van der Waals surface area contributed by atoms with Gasteiger partial charge in [0.25, 0.3) is 0 Å². The molecule has 1 aromatic carbocycles. The molecule has 108 valence electrons. The number of carbonyl (C=O) groups is 2. The molecule has 0 bridgehead atoms. The Kier molecular flexibility index (Phi) is 6.87. The molecule has 4 nitrogen and oxygen atoms in total. The number of thioether (sulfide) groups is 1. The smallest absolute Gasteiger partial charge is 0.326 e. The van der Waals surface area contributed by atoms with Gasteiger partial charge in [0.15, 0.2) is 0 Å². The average molecular weight is 293 g/mol. The highest BCUT2D eigenvalue weighted by atomic mass is 32.2. The molecule has 1 rings (SSSR count). The van der Waals surface area contributed by atoms with Crippen molar-refractivity contribution in [3.05, 3.63) is 42.5 Å². The van der Waals surface area contributed by atoms with E-state index in [1.807, 2.05) is 31.2 Å². The van der Waals surface area contributed by atoms with Gasteiger partial charge in [0.2, 0.25) is 5.91 Å². The molecule has 0 radical (unpaired) electrons. The number of carboxylic acids is 1. The highest BCUT2D eigenvalue weighted by Gasteiger charge is 2.17. The average Bonchev–Trinajstić information content (AvgIpc) is 2.40. The number of nitrogens with one attached hydrogen (secondary N) is 1. The van der Waals surface area contributed by atoms with Crippen LogP contribution in [0.3, 0.4) is 0 Å². The van der Waals surface area contributed by atoms with Crippen LogP contribution in [0.15, 0.2) is 41.8 Å². The monoisotopic (exact) mass is 293 g/mol. The lowest BCUT2D eigenvalue weighted by molar-refractivity contribution is -0.141. The van der Waals surface area contributed by atoms with Gasteiger partial charge in [-0.2, -0.15) is 0 Å². The van der Waals surface area contributed by atoms with E-state index in [4.69, 9.17) is 5.11 Å². The maximum Gasteiger partial charge on any atom is 0.326 e. The summed E-state index contributed by atoms with van der Waals surface area (Å²) in [5.41, 5.74) is 1.20. The Morgan fingerprint density at radius 3 is 2.60 bits per heavy atom. The molecule has 1 amide bonds. The molecular weight excluding hydrogens is 274 g/mol. The number of carboxylic acid groups (broad SMARTS) is 1. The standard InChI is InChI=1S/C15H19NO3S/c1-3-4-13(15(18)19)16-14(17)9-10-20-12-7-5-11(2)6-8-12/h3,5-8,13H,1,4,9-10H2,2H3,(H,16,17)(H,18,19). The zero-order chi connectivity index (χ0) is 15.0. The number of carbonyl (C=O) groups excluding carboxylic acids is 1. The first-order chi connectivity index (χ1) is 9.52. The third-order valence-electron chi connectivity index (χ3n) is 2.65. The first kappa shape index (κ1) is 16.3. The van der Waals surface area contributed by atoms with E-state index in [9.17, 15) is 9.59 Å². The van der Waals surface area contributed by atoms with Gasteiger partial charge < -0.3 is 10.4 Å². The summed E-state index contributed by atoms with van der Waals surface area (Å²) in [6.07, 6.45) is 2.01. The Balaban J connectivity index is 2.33. The highest BCUT2D eigenvalue weighted by Crippen LogP contribution is 2.18. The van der Waals surface area contributed by atoms with Crippen LogP contribution in [0.5, 0.6) is 0 Å². The SMILES string of the molecule is C=CCC(NC(=O)CCSc1ccc(C)cc1)C(=O)O. The molecule has 0 aromatic heterocycles. The van der Waals surface area contributed by atoms with E-state index in [1.165, 1.54) is 11.6 Å². The van der Waals surface area contributed by atoms with E-state index in [2.05, 4.69) is 11.9 Å². The van der Waals surface area contributed by atoms with Crippen molar-refractivity contribution in [2.45, 2.75) is 30.7 Å². The quantitative estimate of drug-likeness (QED) is 0.571. The normalized spacial score (nSPS) is 11.7. The fraction of sp³-hybridized carbons (Fsp3) is 0.333. The predicted molar refractivity (Wildman–Crippen MR) is 80.9 cm³/mol. The van der Waals surface area contributed by atoms with Gasteiger partial charge in [0.1, 0.15) is 6.04 Å². The van der Waals surface area contributed by atoms with Gasteiger partial charge in [-0.1, -0.05) is 23.8 Å². The molecule has 1 unspecified atom stereocenters. The molecular formula is C15H19NO3S. The molecule has 1 aromatic rings. The second-order valence-electron chi connectivity index (χ2n) is 4.39. The van der Waals surface area contributed by atoms with Crippen LogP contribution in [-0.4, -0.2) is 28.8 Å². The van der Waals surface area contributed by atoms with Crippen LogP contribution in [-0.2, 0) is 9.59 Å². The molecule has 0 saturated carbocycles. The lowest BCUT2D eigenvalue weighted by Gasteiger charge is -2.12. The summed E-state index contributed by atoms with van der Waals surface area (Å²) < 4.78 is 0. The third-order valence-corrected chi connectivity index (χ3v) is 3.67. The minimum atomic E-state index is -1.04. The Labute approximate surface area is 123 Å². The van der Waals surface area contributed by atoms with Gasteiger partial charge in [-0.15, -0.1) is 18.3 Å². The molecule has 5 heteroatoms. The van der Waals surface area contributed by atoms with E-state index in [1.54, 1.807) is 11.8 Å². The van der Waals surface area contributed by atoms with E-state index in [0.717, 1.165) is 4.90 Å². The molecule has 1 atom stereocenters. The zero-order valence-electron chi connectivity index (χ0n) is 11.5. The molecule has 0 aliphatic carbocycles. The van der Waals surface area contributed by atoms with Crippen molar-refractivity contribution in [3.8, 4) is 0 Å². The number of hydrogen-bond acceptors (Lipinski definition) is 3. The molecule has 0 aliphatic rings. The Bertz CT molecular complexity index is 471. The third kappa shape index (κ3) is 5.93. The fourth-order valence-electron chi connectivity index (χ4n) is 1.55. The summed E-state index contributed by atoms with van der Waals surface area (Å²) in [5.74, 6) is -0.668. The maximum absolute atomic E-state index is 11.7. The molecule has 0 heterocycles. The molecule has 0 saturated heterocycles. The van der Waals surface area contributed by atoms with Gasteiger partial charge in [-0.3, -0.25) is 4.79 Å². The topological polar surface area (TPSA) is 66.4 Å². The lowest BCUT2D eigenvalue weighted by Crippen LogP contribution is -2.40. The van der Waals surface area contributed by atoms with Gasteiger partial charge in [0, 0.05) is 17.1 Å². The minimum Gasteiger partial charge on any atom is -0.480 e. The molecule has 0 aliphatic heterocycles. The van der Waals surface area contributed by atoms with Crippen molar-refractivity contribution in [2.24, 2.45) is 0 Å². The van der Waals surface area contributed by atoms with Gasteiger partial charge >= 0.3 is 5.97 Å². The van der Waals surface area contributed by atoms with Crippen LogP contribution in [0.25, 0.3) is 0 Å². The Hall–Kier alpha value is -1.75. The first-order valence-corrected chi connectivity index (χ1v) is 7.34. The van der Waals surface area contributed by atoms with Crippen molar-refractivity contribution in [3.63, 3.8) is 0 Å². The summed E-state index contributed by atoms with van der Waals surface area (Å²) in [6, 6.07) is 7.18. The Morgan fingerprint density at radius 1 is 1.40 bits per heavy atom. The van der Waals surface area contributed by atoms with Crippen molar-refractivity contribution >= 4 is 23.6 Å². The largest absolute Gasteiger partial charge is 0.480 e. The summed E-state index contributed by atoms with van der Waals surface area (Å²) >= 11 is 1.58. The van der Waals surface area contributed by atoms with E-state index >= 15 is 0 Å². The highest BCUT2D eigenvalue weighted by molar-refractivity contribution is 7.99. The van der Waals surface area contributed by atoms with Crippen LogP contribution < -0.4 is 5.32 Å². The van der Waals surface area contributed by atoms with Gasteiger partial charge in [-0.25, -0.2) is 4.79 Å². The molecule has 0 spiro atoms. The number of hydrogen-bond donors (Lipinski definition) is 2. The summed E-state index contributed by atoms with van der Waals surface area (Å²) in [5, 5.41) is 11.4. The lowest BCUT2D eigenvalue weighted by atomic mass is 10.2. The summed E-state index contributed by atoms with van der Waals surface area (Å²) in [4.78, 5) is 23.6. The molecule has 0 fully saturated rings. The molecule has 2 N–H and O–H groups in total. The van der Waals surface area contributed by atoms with Crippen LogP contribution in [0.2, 0.25) is 0 Å². The number of aliphatic carboxylic acids is 1. The fourth-order valence-corrected chi connectivity index (χ4v) is 2.40. The van der Waals surface area contributed by atoms with E-state index in [0.29, 0.717) is 12.2 Å². The Morgan fingerprint density at radius 2 is 2.05 bits per heavy atom. The zero-order valence-corrected chi connectivity index (χ0v) is 12.3. The number of benzene rings is 1. The minimum absolute atomic E-state index is 0.228. The first-order valence-electron chi connectivity index (χ1n) is 6.35. The van der Waals surface area contributed by atoms with Gasteiger partial charge in [0.05, 0.1) is 0 Å². The predicted octanol–water partition coefficient (Wildman–Crippen LogP) is 2.62. The van der Waals surface area contributed by atoms with Gasteiger partial charge in [-0.05, 0) is 25.5 Å². The molecule has 20 heavy (non-hydrogen) atoms.